The molecule has 0 saturated heterocycles. The van der Waals surface area contributed by atoms with E-state index < -0.39 is 5.97 Å². The van der Waals surface area contributed by atoms with Gasteiger partial charge in [-0.1, -0.05) is 20.8 Å². The summed E-state index contributed by atoms with van der Waals surface area (Å²) in [4.78, 5) is 10.6. The summed E-state index contributed by atoms with van der Waals surface area (Å²) in [7, 11) is 0. The summed E-state index contributed by atoms with van der Waals surface area (Å²) in [6.07, 6.45) is 2.16. The topological polar surface area (TPSA) is 37.3 Å². The van der Waals surface area contributed by atoms with Gasteiger partial charge in [0.2, 0.25) is 0 Å². The SMILES string of the molecule is CCSCCCC(C)C(C)C(=O)O. The maximum Gasteiger partial charge on any atom is 0.306 e. The summed E-state index contributed by atoms with van der Waals surface area (Å²) in [6.45, 7) is 5.96. The van der Waals surface area contributed by atoms with Crippen LogP contribution in [0.25, 0.3) is 0 Å². The van der Waals surface area contributed by atoms with Crippen LogP contribution in [-0.4, -0.2) is 22.6 Å². The molecular formula is C10H20O2S. The number of hydrogen-bond donors (Lipinski definition) is 1. The lowest BCUT2D eigenvalue weighted by molar-refractivity contribution is -0.142. The van der Waals surface area contributed by atoms with Crippen LogP contribution in [0.3, 0.4) is 0 Å². The van der Waals surface area contributed by atoms with Gasteiger partial charge >= 0.3 is 5.97 Å². The van der Waals surface area contributed by atoms with E-state index in [1.807, 2.05) is 18.7 Å². The monoisotopic (exact) mass is 204 g/mol. The Morgan fingerprint density at radius 2 is 2.08 bits per heavy atom. The molecule has 0 radical (unpaired) electrons. The van der Waals surface area contributed by atoms with Crippen molar-refractivity contribution < 1.29 is 9.90 Å². The second-order valence-electron chi connectivity index (χ2n) is 3.44. The van der Waals surface area contributed by atoms with Crippen LogP contribution in [0.15, 0.2) is 0 Å². The molecule has 0 fully saturated rings. The third-order valence-corrected chi connectivity index (χ3v) is 3.38. The van der Waals surface area contributed by atoms with Crippen molar-refractivity contribution in [3.63, 3.8) is 0 Å². The van der Waals surface area contributed by atoms with Gasteiger partial charge in [0.05, 0.1) is 5.92 Å². The first-order valence-electron chi connectivity index (χ1n) is 4.90. The van der Waals surface area contributed by atoms with Crippen molar-refractivity contribution in [2.24, 2.45) is 11.8 Å². The smallest absolute Gasteiger partial charge is 0.306 e. The van der Waals surface area contributed by atoms with Crippen LogP contribution >= 0.6 is 11.8 Å². The molecule has 0 saturated carbocycles. The highest BCUT2D eigenvalue weighted by molar-refractivity contribution is 7.99. The fourth-order valence-corrected chi connectivity index (χ4v) is 1.80. The minimum Gasteiger partial charge on any atom is -0.481 e. The maximum absolute atomic E-state index is 10.6. The van der Waals surface area contributed by atoms with Gasteiger partial charge in [0.25, 0.3) is 0 Å². The number of carboxylic acids is 1. The van der Waals surface area contributed by atoms with E-state index in [1.165, 1.54) is 0 Å². The van der Waals surface area contributed by atoms with Crippen molar-refractivity contribution in [2.75, 3.05) is 11.5 Å². The van der Waals surface area contributed by atoms with Crippen LogP contribution in [0.4, 0.5) is 0 Å². The predicted molar refractivity (Wildman–Crippen MR) is 58.2 cm³/mol. The highest BCUT2D eigenvalue weighted by Gasteiger charge is 2.18. The lowest BCUT2D eigenvalue weighted by atomic mass is 9.92. The molecule has 13 heavy (non-hydrogen) atoms. The Bertz CT molecular complexity index is 148. The van der Waals surface area contributed by atoms with E-state index in [1.54, 1.807) is 6.92 Å². The molecule has 0 amide bonds. The molecule has 0 aromatic rings. The van der Waals surface area contributed by atoms with Gasteiger partial charge in [-0.2, -0.15) is 11.8 Å². The molecule has 0 rings (SSSR count). The summed E-state index contributed by atoms with van der Waals surface area (Å²) in [5, 5.41) is 8.75. The van der Waals surface area contributed by atoms with Gasteiger partial charge in [-0.3, -0.25) is 4.79 Å². The molecule has 3 heteroatoms. The molecule has 78 valence electrons. The first-order chi connectivity index (χ1) is 6.09. The minimum absolute atomic E-state index is 0.202. The zero-order valence-electron chi connectivity index (χ0n) is 8.75. The van der Waals surface area contributed by atoms with Gasteiger partial charge in [-0.15, -0.1) is 0 Å². The van der Waals surface area contributed by atoms with Crippen LogP contribution in [0.1, 0.15) is 33.6 Å². The van der Waals surface area contributed by atoms with Gasteiger partial charge in [-0.05, 0) is 30.3 Å². The molecule has 0 heterocycles. The van der Waals surface area contributed by atoms with E-state index in [2.05, 4.69) is 6.92 Å². The van der Waals surface area contributed by atoms with Crippen molar-refractivity contribution >= 4 is 17.7 Å². The number of hydrogen-bond acceptors (Lipinski definition) is 2. The molecule has 0 aliphatic rings. The Balaban J connectivity index is 3.50. The summed E-state index contributed by atoms with van der Waals surface area (Å²) in [5.41, 5.74) is 0. The molecule has 0 aromatic carbocycles. The number of thioether (sulfide) groups is 1. The molecule has 0 aromatic heterocycles. The van der Waals surface area contributed by atoms with Crippen LogP contribution in [0, 0.1) is 11.8 Å². The van der Waals surface area contributed by atoms with Gasteiger partial charge < -0.3 is 5.11 Å². The molecule has 2 nitrogen and oxygen atoms in total. The van der Waals surface area contributed by atoms with E-state index in [0.717, 1.165) is 24.3 Å². The Morgan fingerprint density at radius 1 is 1.46 bits per heavy atom. The summed E-state index contributed by atoms with van der Waals surface area (Å²) < 4.78 is 0. The van der Waals surface area contributed by atoms with Crippen LogP contribution in [0.2, 0.25) is 0 Å². The molecule has 0 spiro atoms. The lowest BCUT2D eigenvalue weighted by Gasteiger charge is -2.15. The Kier molecular flexibility index (Phi) is 7.14. The van der Waals surface area contributed by atoms with E-state index in [0.29, 0.717) is 5.92 Å². The normalized spacial score (nSPS) is 15.3. The number of carbonyl (C=O) groups is 1. The molecule has 2 atom stereocenters. The molecule has 1 N–H and O–H groups in total. The maximum atomic E-state index is 10.6. The molecular weight excluding hydrogens is 184 g/mol. The van der Waals surface area contributed by atoms with Crippen molar-refractivity contribution in [1.29, 1.82) is 0 Å². The van der Waals surface area contributed by atoms with Crippen molar-refractivity contribution in [3.05, 3.63) is 0 Å². The van der Waals surface area contributed by atoms with Crippen LogP contribution in [-0.2, 0) is 4.79 Å². The summed E-state index contributed by atoms with van der Waals surface area (Å²) >= 11 is 1.92. The van der Waals surface area contributed by atoms with Crippen LogP contribution < -0.4 is 0 Å². The first-order valence-corrected chi connectivity index (χ1v) is 6.05. The van der Waals surface area contributed by atoms with Gasteiger partial charge in [0.15, 0.2) is 0 Å². The second-order valence-corrected chi connectivity index (χ2v) is 4.84. The number of carboxylic acid groups (broad SMARTS) is 1. The van der Waals surface area contributed by atoms with E-state index in [9.17, 15) is 4.79 Å². The average Bonchev–Trinajstić information content (AvgIpc) is 2.10. The molecule has 0 aliphatic carbocycles. The summed E-state index contributed by atoms with van der Waals surface area (Å²) in [6, 6.07) is 0. The van der Waals surface area contributed by atoms with Crippen molar-refractivity contribution in [1.82, 2.24) is 0 Å². The second kappa shape index (κ2) is 7.25. The Hall–Kier alpha value is -0.180. The van der Waals surface area contributed by atoms with Crippen molar-refractivity contribution in [3.8, 4) is 0 Å². The molecule has 0 aliphatic heterocycles. The van der Waals surface area contributed by atoms with Gasteiger partial charge in [0.1, 0.15) is 0 Å². The number of aliphatic carboxylic acids is 1. The highest BCUT2D eigenvalue weighted by atomic mass is 32.2. The van der Waals surface area contributed by atoms with Crippen molar-refractivity contribution in [2.45, 2.75) is 33.6 Å². The number of rotatable bonds is 7. The Labute approximate surface area is 85.1 Å². The predicted octanol–water partition coefficient (Wildman–Crippen LogP) is 2.88. The largest absolute Gasteiger partial charge is 0.481 e. The molecule has 0 bridgehead atoms. The average molecular weight is 204 g/mol. The van der Waals surface area contributed by atoms with E-state index in [4.69, 9.17) is 5.11 Å². The molecule has 2 unspecified atom stereocenters. The van der Waals surface area contributed by atoms with E-state index in [-0.39, 0.29) is 5.92 Å². The third kappa shape index (κ3) is 5.97. The lowest BCUT2D eigenvalue weighted by Crippen LogP contribution is -2.18. The first kappa shape index (κ1) is 12.8. The standard InChI is InChI=1S/C10H20O2S/c1-4-13-7-5-6-8(2)9(3)10(11)12/h8-9H,4-7H2,1-3H3,(H,11,12). The van der Waals surface area contributed by atoms with Gasteiger partial charge in [-0.25, -0.2) is 0 Å². The van der Waals surface area contributed by atoms with Gasteiger partial charge in [0, 0.05) is 0 Å². The third-order valence-electron chi connectivity index (χ3n) is 2.40. The zero-order chi connectivity index (χ0) is 10.3. The minimum atomic E-state index is -0.671. The summed E-state index contributed by atoms with van der Waals surface area (Å²) in [5.74, 6) is 1.74. The van der Waals surface area contributed by atoms with Crippen LogP contribution in [0.5, 0.6) is 0 Å². The van der Waals surface area contributed by atoms with E-state index >= 15 is 0 Å². The zero-order valence-corrected chi connectivity index (χ0v) is 9.56. The Morgan fingerprint density at radius 3 is 2.54 bits per heavy atom. The fourth-order valence-electron chi connectivity index (χ4n) is 1.15. The fraction of sp³-hybridized carbons (Fsp3) is 0.900. The quantitative estimate of drug-likeness (QED) is 0.648. The highest BCUT2D eigenvalue weighted by Crippen LogP contribution is 2.18.